The number of imide groups is 1. The van der Waals surface area contributed by atoms with E-state index in [0.717, 1.165) is 11.0 Å². The zero-order chi connectivity index (χ0) is 19.8. The summed E-state index contributed by atoms with van der Waals surface area (Å²) in [5, 5.41) is 2.67. The van der Waals surface area contributed by atoms with Gasteiger partial charge in [0, 0.05) is 10.6 Å². The van der Waals surface area contributed by atoms with E-state index in [4.69, 9.17) is 16.0 Å². The number of hydrogen-bond donors (Lipinski definition) is 1. The lowest BCUT2D eigenvalue weighted by atomic mass is 10.1. The molecule has 3 amide bonds. The second-order valence-corrected chi connectivity index (χ2v) is 6.55. The molecule has 4 rings (SSSR count). The molecule has 3 aromatic rings. The monoisotopic (exact) mass is 398 g/mol. The average Bonchev–Trinajstić information content (AvgIpc) is 3.27. The summed E-state index contributed by atoms with van der Waals surface area (Å²) in [6, 6.07) is 11.2. The smallest absolute Gasteiger partial charge is 0.261 e. The number of carbonyl (C=O) groups is 3. The van der Waals surface area contributed by atoms with Gasteiger partial charge in [0.2, 0.25) is 0 Å². The molecule has 1 N–H and O–H groups in total. The van der Waals surface area contributed by atoms with Gasteiger partial charge in [0.05, 0.1) is 29.6 Å². The zero-order valence-corrected chi connectivity index (χ0v) is 15.0. The fraction of sp³-hybridized carbons (Fsp3) is 0.0500. The highest BCUT2D eigenvalue weighted by atomic mass is 35.5. The minimum Gasteiger partial charge on any atom is -0.467 e. The highest BCUT2D eigenvalue weighted by Gasteiger charge is 2.36. The molecule has 0 radical (unpaired) electrons. The average molecular weight is 399 g/mol. The van der Waals surface area contributed by atoms with Crippen molar-refractivity contribution in [3.05, 3.63) is 88.1 Å². The first-order valence-electron chi connectivity index (χ1n) is 8.23. The Hall–Kier alpha value is -3.45. The number of amides is 3. The molecule has 140 valence electrons. The van der Waals surface area contributed by atoms with Gasteiger partial charge in [-0.25, -0.2) is 4.39 Å². The van der Waals surface area contributed by atoms with Crippen LogP contribution in [0.1, 0.15) is 36.8 Å². The Balaban J connectivity index is 1.59. The second-order valence-electron chi connectivity index (χ2n) is 6.11. The summed E-state index contributed by atoms with van der Waals surface area (Å²) < 4.78 is 19.0. The number of rotatable bonds is 4. The van der Waals surface area contributed by atoms with Crippen LogP contribution in [-0.4, -0.2) is 22.6 Å². The van der Waals surface area contributed by atoms with Crippen LogP contribution in [0.4, 0.5) is 10.1 Å². The predicted molar refractivity (Wildman–Crippen MR) is 98.7 cm³/mol. The molecule has 28 heavy (non-hydrogen) atoms. The Morgan fingerprint density at radius 2 is 1.86 bits per heavy atom. The molecule has 0 unspecified atom stereocenters. The highest BCUT2D eigenvalue weighted by molar-refractivity contribution is 6.31. The molecule has 0 saturated carbocycles. The topological polar surface area (TPSA) is 79.6 Å². The Bertz CT molecular complexity index is 1110. The normalized spacial score (nSPS) is 13.0. The van der Waals surface area contributed by atoms with Crippen LogP contribution >= 0.6 is 11.6 Å². The van der Waals surface area contributed by atoms with E-state index in [0.29, 0.717) is 5.76 Å². The van der Waals surface area contributed by atoms with Gasteiger partial charge in [0.1, 0.15) is 11.6 Å². The maximum atomic E-state index is 13.8. The Morgan fingerprint density at radius 3 is 2.61 bits per heavy atom. The molecule has 1 aliphatic heterocycles. The Kier molecular flexibility index (Phi) is 4.44. The molecule has 0 bridgehead atoms. The third-order valence-corrected chi connectivity index (χ3v) is 4.54. The van der Waals surface area contributed by atoms with Gasteiger partial charge in [0.15, 0.2) is 0 Å². The van der Waals surface area contributed by atoms with Gasteiger partial charge < -0.3 is 9.73 Å². The van der Waals surface area contributed by atoms with E-state index in [-0.39, 0.29) is 33.9 Å². The van der Waals surface area contributed by atoms with Gasteiger partial charge in [-0.05, 0) is 48.5 Å². The lowest BCUT2D eigenvalue weighted by Gasteiger charge is -2.11. The van der Waals surface area contributed by atoms with Crippen LogP contribution in [-0.2, 0) is 6.54 Å². The lowest BCUT2D eigenvalue weighted by Crippen LogP contribution is -2.28. The standard InChI is InChI=1S/C20H12ClFN2O4/c21-12-4-6-16(22)17(9-12)23-18(25)11-3-5-14-15(8-11)20(27)24(19(14)26)10-13-2-1-7-28-13/h1-9H,10H2,(H,23,25). The van der Waals surface area contributed by atoms with Crippen LogP contribution in [0.15, 0.2) is 59.2 Å². The lowest BCUT2D eigenvalue weighted by molar-refractivity contribution is 0.0631. The van der Waals surface area contributed by atoms with E-state index in [1.807, 2.05) is 0 Å². The van der Waals surface area contributed by atoms with E-state index in [1.54, 1.807) is 12.1 Å². The number of hydrogen-bond acceptors (Lipinski definition) is 4. The fourth-order valence-corrected chi connectivity index (χ4v) is 3.09. The summed E-state index contributed by atoms with van der Waals surface area (Å²) >= 11 is 5.82. The van der Waals surface area contributed by atoms with Crippen LogP contribution in [0.25, 0.3) is 0 Å². The number of anilines is 1. The van der Waals surface area contributed by atoms with Crippen molar-refractivity contribution in [2.45, 2.75) is 6.54 Å². The minimum atomic E-state index is -0.644. The molecule has 2 aromatic carbocycles. The molecule has 1 aromatic heterocycles. The molecule has 1 aliphatic rings. The first-order chi connectivity index (χ1) is 13.4. The molecule has 0 fully saturated rings. The molecular formula is C20H12ClFN2O4. The number of nitrogens with one attached hydrogen (secondary N) is 1. The highest BCUT2D eigenvalue weighted by Crippen LogP contribution is 2.27. The number of carbonyl (C=O) groups excluding carboxylic acids is 3. The van der Waals surface area contributed by atoms with Crippen LogP contribution in [0.5, 0.6) is 0 Å². The Morgan fingerprint density at radius 1 is 1.07 bits per heavy atom. The number of furan rings is 1. The maximum Gasteiger partial charge on any atom is 0.261 e. The molecule has 0 saturated heterocycles. The summed E-state index contributed by atoms with van der Waals surface area (Å²) in [5.41, 5.74) is 0.330. The van der Waals surface area contributed by atoms with Crippen molar-refractivity contribution < 1.29 is 23.2 Å². The molecular weight excluding hydrogens is 387 g/mol. The fourth-order valence-electron chi connectivity index (χ4n) is 2.92. The van der Waals surface area contributed by atoms with Crippen molar-refractivity contribution >= 4 is 35.0 Å². The number of nitrogens with zero attached hydrogens (tertiary/aromatic N) is 1. The van der Waals surface area contributed by atoms with Gasteiger partial charge >= 0.3 is 0 Å². The van der Waals surface area contributed by atoms with Gasteiger partial charge in [-0.2, -0.15) is 0 Å². The summed E-state index contributed by atoms with van der Waals surface area (Å²) in [6.07, 6.45) is 1.45. The first-order valence-corrected chi connectivity index (χ1v) is 8.61. The van der Waals surface area contributed by atoms with E-state index >= 15 is 0 Å². The third kappa shape index (κ3) is 3.16. The largest absolute Gasteiger partial charge is 0.467 e. The summed E-state index contributed by atoms with van der Waals surface area (Å²) in [4.78, 5) is 38.6. The van der Waals surface area contributed by atoms with Gasteiger partial charge in [0.25, 0.3) is 17.7 Å². The third-order valence-electron chi connectivity index (χ3n) is 4.30. The van der Waals surface area contributed by atoms with Gasteiger partial charge in [-0.3, -0.25) is 19.3 Å². The van der Waals surface area contributed by atoms with E-state index in [1.165, 1.54) is 36.6 Å². The molecule has 2 heterocycles. The van der Waals surface area contributed by atoms with Crippen LogP contribution in [0, 0.1) is 5.82 Å². The van der Waals surface area contributed by atoms with E-state index in [9.17, 15) is 18.8 Å². The van der Waals surface area contributed by atoms with Crippen molar-refractivity contribution in [2.24, 2.45) is 0 Å². The summed E-state index contributed by atoms with van der Waals surface area (Å²) in [7, 11) is 0. The van der Waals surface area contributed by atoms with Crippen molar-refractivity contribution in [3.63, 3.8) is 0 Å². The van der Waals surface area contributed by atoms with Crippen molar-refractivity contribution in [1.82, 2.24) is 4.90 Å². The van der Waals surface area contributed by atoms with Crippen LogP contribution < -0.4 is 5.32 Å². The van der Waals surface area contributed by atoms with Gasteiger partial charge in [-0.15, -0.1) is 0 Å². The Labute approximate surface area is 163 Å². The minimum absolute atomic E-state index is 0.00536. The molecule has 8 heteroatoms. The summed E-state index contributed by atoms with van der Waals surface area (Å²) in [5.74, 6) is -1.81. The quantitative estimate of drug-likeness (QED) is 0.670. The van der Waals surface area contributed by atoms with Crippen molar-refractivity contribution in [2.75, 3.05) is 5.32 Å². The maximum absolute atomic E-state index is 13.8. The number of benzene rings is 2. The zero-order valence-electron chi connectivity index (χ0n) is 14.2. The van der Waals surface area contributed by atoms with Crippen LogP contribution in [0.3, 0.4) is 0 Å². The first kappa shape index (κ1) is 17.9. The van der Waals surface area contributed by atoms with Crippen molar-refractivity contribution in [3.8, 4) is 0 Å². The molecule has 0 atom stereocenters. The molecule has 0 aliphatic carbocycles. The van der Waals surface area contributed by atoms with E-state index in [2.05, 4.69) is 5.32 Å². The van der Waals surface area contributed by atoms with Crippen LogP contribution in [0.2, 0.25) is 5.02 Å². The SMILES string of the molecule is O=C(Nc1cc(Cl)ccc1F)c1ccc2c(c1)C(=O)N(Cc1ccco1)C2=O. The van der Waals surface area contributed by atoms with Gasteiger partial charge in [-0.1, -0.05) is 11.6 Å². The molecule has 6 nitrogen and oxygen atoms in total. The van der Waals surface area contributed by atoms with E-state index < -0.39 is 23.5 Å². The second kappa shape index (κ2) is 6.94. The molecule has 0 spiro atoms. The number of fused-ring (bicyclic) bond motifs is 1. The predicted octanol–water partition coefficient (Wildman–Crippen LogP) is 4.12. The number of halogens is 2. The summed E-state index contributed by atoms with van der Waals surface area (Å²) in [6.45, 7) is -0.00536. The van der Waals surface area contributed by atoms with Crippen molar-refractivity contribution in [1.29, 1.82) is 0 Å².